The molecular weight excluding hydrogens is 451 g/mol. The van der Waals surface area contributed by atoms with Crippen LogP contribution in [0.1, 0.15) is 15.9 Å². The van der Waals surface area contributed by atoms with Crippen molar-refractivity contribution in [2.75, 3.05) is 45.2 Å². The number of nitrogens with zero attached hydrogens (tertiary/aromatic N) is 4. The number of halogens is 3. The Morgan fingerprint density at radius 2 is 1.76 bits per heavy atom. The highest BCUT2D eigenvalue weighted by Crippen LogP contribution is 2.34. The Morgan fingerprint density at radius 1 is 1.06 bits per heavy atom. The number of fused-ring (bicyclic) bond motifs is 1. The standard InChI is InChI=1S/C23H24F3N5O3/c1-34-22(33)16-6-7-20-17(12-16)13-27-31(20)15-30-10-8-29(9-11-30)14-21(32)28-19-5-3-2-4-18(19)23(24,25)26/h2-7,12-13H,8-11,14-15H2,1H3,(H,28,32). The summed E-state index contributed by atoms with van der Waals surface area (Å²) in [5, 5.41) is 7.63. The van der Waals surface area contributed by atoms with Gasteiger partial charge in [0.05, 0.1) is 48.9 Å². The van der Waals surface area contributed by atoms with Crippen LogP contribution in [0.3, 0.4) is 0 Å². The maximum atomic E-state index is 13.1. The van der Waals surface area contributed by atoms with Crippen molar-refractivity contribution in [2.24, 2.45) is 0 Å². The van der Waals surface area contributed by atoms with Crippen LogP contribution in [0, 0.1) is 0 Å². The molecule has 0 unspecified atom stereocenters. The van der Waals surface area contributed by atoms with Gasteiger partial charge < -0.3 is 10.1 Å². The molecule has 0 bridgehead atoms. The minimum atomic E-state index is -4.53. The fourth-order valence-corrected chi connectivity index (χ4v) is 3.95. The van der Waals surface area contributed by atoms with Crippen molar-refractivity contribution in [1.82, 2.24) is 19.6 Å². The summed E-state index contributed by atoms with van der Waals surface area (Å²) in [6.45, 7) is 3.10. The zero-order chi connectivity index (χ0) is 24.3. The van der Waals surface area contributed by atoms with Gasteiger partial charge in [-0.1, -0.05) is 12.1 Å². The molecule has 0 atom stereocenters. The van der Waals surface area contributed by atoms with Gasteiger partial charge >= 0.3 is 12.1 Å². The lowest BCUT2D eigenvalue weighted by Gasteiger charge is -2.34. The number of piperazine rings is 1. The molecule has 1 aliphatic heterocycles. The molecule has 1 amide bonds. The molecule has 0 spiro atoms. The average Bonchev–Trinajstić information content (AvgIpc) is 3.21. The fraction of sp³-hybridized carbons (Fsp3) is 0.348. The molecule has 0 radical (unpaired) electrons. The van der Waals surface area contributed by atoms with E-state index in [4.69, 9.17) is 4.74 Å². The molecule has 2 heterocycles. The Kier molecular flexibility index (Phi) is 6.85. The molecule has 4 rings (SSSR count). The molecule has 11 heteroatoms. The lowest BCUT2D eigenvalue weighted by molar-refractivity contribution is -0.137. The Bertz CT molecular complexity index is 1190. The number of rotatable bonds is 6. The Labute approximate surface area is 193 Å². The van der Waals surface area contributed by atoms with Crippen LogP contribution in [0.15, 0.2) is 48.7 Å². The largest absolute Gasteiger partial charge is 0.465 e. The number of alkyl halides is 3. The SMILES string of the molecule is COC(=O)c1ccc2c(cnn2CN2CCN(CC(=O)Nc3ccccc3C(F)(F)F)CC2)c1. The van der Waals surface area contributed by atoms with Gasteiger partial charge in [0.1, 0.15) is 0 Å². The minimum absolute atomic E-state index is 0.0149. The number of nitrogens with one attached hydrogen (secondary N) is 1. The van der Waals surface area contributed by atoms with Gasteiger partial charge in [-0.2, -0.15) is 18.3 Å². The highest BCUT2D eigenvalue weighted by Gasteiger charge is 2.33. The van der Waals surface area contributed by atoms with Crippen LogP contribution < -0.4 is 5.32 Å². The Hall–Kier alpha value is -3.44. The topological polar surface area (TPSA) is 79.7 Å². The van der Waals surface area contributed by atoms with Crippen molar-refractivity contribution in [2.45, 2.75) is 12.8 Å². The number of benzene rings is 2. The lowest BCUT2D eigenvalue weighted by atomic mass is 10.1. The first-order chi connectivity index (χ1) is 16.2. The number of hydrogen-bond donors (Lipinski definition) is 1. The van der Waals surface area contributed by atoms with Crippen LogP contribution in [-0.2, 0) is 22.4 Å². The molecule has 34 heavy (non-hydrogen) atoms. The maximum absolute atomic E-state index is 13.1. The van der Waals surface area contributed by atoms with E-state index in [0.29, 0.717) is 38.4 Å². The van der Waals surface area contributed by atoms with Crippen LogP contribution in [0.5, 0.6) is 0 Å². The molecule has 1 saturated heterocycles. The highest BCUT2D eigenvalue weighted by molar-refractivity contribution is 5.94. The Balaban J connectivity index is 1.30. The molecule has 180 valence electrons. The molecule has 0 saturated carbocycles. The maximum Gasteiger partial charge on any atom is 0.418 e. The van der Waals surface area contributed by atoms with E-state index in [-0.39, 0.29) is 12.2 Å². The number of para-hydroxylation sites is 1. The number of methoxy groups -OCH3 is 1. The van der Waals surface area contributed by atoms with Crippen molar-refractivity contribution in [3.63, 3.8) is 0 Å². The number of esters is 1. The smallest absolute Gasteiger partial charge is 0.418 e. The van der Waals surface area contributed by atoms with Crippen LogP contribution in [-0.4, -0.2) is 71.3 Å². The molecule has 8 nitrogen and oxygen atoms in total. The van der Waals surface area contributed by atoms with E-state index in [2.05, 4.69) is 15.3 Å². The Morgan fingerprint density at radius 3 is 2.47 bits per heavy atom. The number of amides is 1. The minimum Gasteiger partial charge on any atom is -0.465 e. The second-order valence-corrected chi connectivity index (χ2v) is 8.04. The van der Waals surface area contributed by atoms with Gasteiger partial charge in [0.15, 0.2) is 0 Å². The number of aromatic nitrogens is 2. The molecule has 0 aliphatic carbocycles. The third-order valence-electron chi connectivity index (χ3n) is 5.74. The predicted octanol–water partition coefficient (Wildman–Crippen LogP) is 3.06. The first-order valence-electron chi connectivity index (χ1n) is 10.7. The summed E-state index contributed by atoms with van der Waals surface area (Å²) in [5.41, 5.74) is 0.245. The first kappa shape index (κ1) is 23.7. The van der Waals surface area contributed by atoms with Crippen molar-refractivity contribution in [3.8, 4) is 0 Å². The van der Waals surface area contributed by atoms with Crippen LogP contribution in [0.4, 0.5) is 18.9 Å². The molecule has 2 aromatic carbocycles. The van der Waals surface area contributed by atoms with E-state index in [1.807, 2.05) is 15.6 Å². The quantitative estimate of drug-likeness (QED) is 0.552. The fourth-order valence-electron chi connectivity index (χ4n) is 3.95. The van der Waals surface area contributed by atoms with Gasteiger partial charge in [0.25, 0.3) is 0 Å². The van der Waals surface area contributed by atoms with E-state index in [0.717, 1.165) is 17.0 Å². The van der Waals surface area contributed by atoms with E-state index >= 15 is 0 Å². The monoisotopic (exact) mass is 475 g/mol. The van der Waals surface area contributed by atoms with Gasteiger partial charge in [-0.05, 0) is 30.3 Å². The average molecular weight is 475 g/mol. The van der Waals surface area contributed by atoms with Crippen molar-refractivity contribution in [3.05, 3.63) is 59.8 Å². The summed E-state index contributed by atoms with van der Waals surface area (Å²) < 4.78 is 46.0. The number of carbonyl (C=O) groups excluding carboxylic acids is 2. The first-order valence-corrected chi connectivity index (χ1v) is 10.7. The van der Waals surface area contributed by atoms with E-state index in [1.54, 1.807) is 18.3 Å². The van der Waals surface area contributed by atoms with Crippen molar-refractivity contribution < 1.29 is 27.5 Å². The van der Waals surface area contributed by atoms with Crippen LogP contribution in [0.2, 0.25) is 0 Å². The van der Waals surface area contributed by atoms with Gasteiger partial charge in [-0.25, -0.2) is 4.79 Å². The normalized spacial score (nSPS) is 15.4. The molecule has 1 fully saturated rings. The number of carbonyl (C=O) groups is 2. The summed E-state index contributed by atoms with van der Waals surface area (Å²) in [6, 6.07) is 10.2. The van der Waals surface area contributed by atoms with Gasteiger partial charge in [0.2, 0.25) is 5.91 Å². The van der Waals surface area contributed by atoms with Crippen LogP contribution >= 0.6 is 0 Å². The van der Waals surface area contributed by atoms with E-state index < -0.39 is 23.6 Å². The molecule has 1 N–H and O–H groups in total. The zero-order valence-electron chi connectivity index (χ0n) is 18.5. The predicted molar refractivity (Wildman–Crippen MR) is 119 cm³/mol. The van der Waals surface area contributed by atoms with Gasteiger partial charge in [0, 0.05) is 31.6 Å². The molecule has 1 aromatic heterocycles. The third kappa shape index (κ3) is 5.37. The molecule has 3 aromatic rings. The summed E-state index contributed by atoms with van der Waals surface area (Å²) in [6.07, 6.45) is -2.84. The molecule has 1 aliphatic rings. The van der Waals surface area contributed by atoms with Gasteiger partial charge in [-0.15, -0.1) is 0 Å². The highest BCUT2D eigenvalue weighted by atomic mass is 19.4. The summed E-state index contributed by atoms with van der Waals surface area (Å²) >= 11 is 0. The summed E-state index contributed by atoms with van der Waals surface area (Å²) in [5.74, 6) is -0.888. The van der Waals surface area contributed by atoms with Crippen molar-refractivity contribution >= 4 is 28.5 Å². The zero-order valence-corrected chi connectivity index (χ0v) is 18.5. The third-order valence-corrected chi connectivity index (χ3v) is 5.74. The van der Waals surface area contributed by atoms with E-state index in [9.17, 15) is 22.8 Å². The second kappa shape index (κ2) is 9.82. The lowest BCUT2D eigenvalue weighted by Crippen LogP contribution is -2.49. The second-order valence-electron chi connectivity index (χ2n) is 8.04. The summed E-state index contributed by atoms with van der Waals surface area (Å²) in [7, 11) is 1.33. The number of anilines is 1. The number of hydrogen-bond acceptors (Lipinski definition) is 6. The van der Waals surface area contributed by atoms with Crippen molar-refractivity contribution in [1.29, 1.82) is 0 Å². The summed E-state index contributed by atoms with van der Waals surface area (Å²) in [4.78, 5) is 28.2. The van der Waals surface area contributed by atoms with E-state index in [1.165, 1.54) is 25.3 Å². The number of ether oxygens (including phenoxy) is 1. The van der Waals surface area contributed by atoms with Crippen LogP contribution in [0.25, 0.3) is 10.9 Å². The molecular formula is C23H24F3N5O3. The van der Waals surface area contributed by atoms with Gasteiger partial charge in [-0.3, -0.25) is 19.3 Å².